The van der Waals surface area contributed by atoms with Gasteiger partial charge in [0.05, 0.1) is 0 Å². The minimum atomic E-state index is 0.321. The average molecular weight is 106 g/mol. The Morgan fingerprint density at radius 1 is 1.00 bits per heavy atom. The van der Waals surface area contributed by atoms with E-state index in [0.717, 1.165) is 0 Å². The van der Waals surface area contributed by atoms with Crippen molar-refractivity contribution in [2.75, 3.05) is 13.1 Å². The zero-order chi connectivity index (χ0) is 6.24. The largest absolute Gasteiger partial charge is 0.180 e. The summed E-state index contributed by atoms with van der Waals surface area (Å²) >= 11 is 0. The quantitative estimate of drug-likeness (QED) is 0.366. The molecule has 0 fully saturated rings. The van der Waals surface area contributed by atoms with Crippen molar-refractivity contribution in [1.82, 2.24) is 0 Å². The van der Waals surface area contributed by atoms with E-state index in [1.165, 1.54) is 0 Å². The molecule has 0 aliphatic carbocycles. The van der Waals surface area contributed by atoms with Gasteiger partial charge < -0.3 is 0 Å². The molecule has 0 heterocycles. The van der Waals surface area contributed by atoms with Gasteiger partial charge in [-0.15, -0.1) is 12.8 Å². The lowest BCUT2D eigenvalue weighted by Gasteiger charge is -1.74. The molecule has 0 aliphatic heterocycles. The predicted octanol–water partition coefficient (Wildman–Crippen LogP) is 0.705. The van der Waals surface area contributed by atoms with Crippen molar-refractivity contribution in [3.8, 4) is 24.7 Å². The van der Waals surface area contributed by atoms with Crippen LogP contribution in [0.1, 0.15) is 0 Å². The smallest absolute Gasteiger partial charge is 0.120 e. The van der Waals surface area contributed by atoms with Crippen molar-refractivity contribution in [2.45, 2.75) is 0 Å². The number of azo groups is 1. The second-order valence-electron chi connectivity index (χ2n) is 1.01. The highest BCUT2D eigenvalue weighted by atomic mass is 15.1. The Morgan fingerprint density at radius 2 is 1.38 bits per heavy atom. The van der Waals surface area contributed by atoms with E-state index in [1.807, 2.05) is 0 Å². The molecular formula is C6H6N2. The summed E-state index contributed by atoms with van der Waals surface area (Å²) in [6, 6.07) is 0. The Morgan fingerprint density at radius 3 is 1.62 bits per heavy atom. The van der Waals surface area contributed by atoms with Crippen molar-refractivity contribution in [3.05, 3.63) is 0 Å². The summed E-state index contributed by atoms with van der Waals surface area (Å²) in [4.78, 5) is 0. The third-order valence-electron chi connectivity index (χ3n) is 0.424. The number of rotatable bonds is 2. The predicted molar refractivity (Wildman–Crippen MR) is 32.3 cm³/mol. The number of hydrogen-bond donors (Lipinski definition) is 0. The van der Waals surface area contributed by atoms with Gasteiger partial charge in [-0.2, -0.15) is 10.2 Å². The second-order valence-corrected chi connectivity index (χ2v) is 1.01. The van der Waals surface area contributed by atoms with Crippen LogP contribution >= 0.6 is 0 Å². The van der Waals surface area contributed by atoms with Gasteiger partial charge in [0.15, 0.2) is 0 Å². The molecule has 2 nitrogen and oxygen atoms in total. The zero-order valence-corrected chi connectivity index (χ0v) is 4.46. The highest BCUT2D eigenvalue weighted by molar-refractivity contribution is 4.88. The van der Waals surface area contributed by atoms with Crippen LogP contribution in [-0.2, 0) is 0 Å². The summed E-state index contributed by atoms with van der Waals surface area (Å²) < 4.78 is 0. The third kappa shape index (κ3) is 4.72. The van der Waals surface area contributed by atoms with E-state index in [1.54, 1.807) is 0 Å². The Balaban J connectivity index is 3.14. The van der Waals surface area contributed by atoms with E-state index in [4.69, 9.17) is 12.8 Å². The molecule has 0 aromatic carbocycles. The van der Waals surface area contributed by atoms with Gasteiger partial charge in [-0.05, 0) is 0 Å². The molecule has 0 bridgehead atoms. The van der Waals surface area contributed by atoms with Crippen LogP contribution in [0, 0.1) is 24.7 Å². The molecule has 8 heavy (non-hydrogen) atoms. The molecule has 0 N–H and O–H groups in total. The van der Waals surface area contributed by atoms with Gasteiger partial charge in [0.1, 0.15) is 13.1 Å². The fourth-order valence-electron chi connectivity index (χ4n) is 0.182. The monoisotopic (exact) mass is 106 g/mol. The van der Waals surface area contributed by atoms with Gasteiger partial charge in [0, 0.05) is 0 Å². The average Bonchev–Trinajstić information content (AvgIpc) is 1.81. The topological polar surface area (TPSA) is 24.7 Å². The van der Waals surface area contributed by atoms with Crippen molar-refractivity contribution < 1.29 is 0 Å². The standard InChI is InChI=1S/C6H6N2/c1-3-5-7-8-6-4-2/h1-2H,5-6H2. The lowest BCUT2D eigenvalue weighted by molar-refractivity contribution is 1.00. The summed E-state index contributed by atoms with van der Waals surface area (Å²) in [7, 11) is 0. The molecule has 0 aliphatic rings. The number of nitrogens with zero attached hydrogens (tertiary/aromatic N) is 2. The molecule has 0 saturated heterocycles. The first kappa shape index (κ1) is 6.72. The maximum absolute atomic E-state index is 4.86. The minimum absolute atomic E-state index is 0.321. The molecule has 0 amide bonds. The van der Waals surface area contributed by atoms with E-state index in [9.17, 15) is 0 Å². The summed E-state index contributed by atoms with van der Waals surface area (Å²) in [5.74, 6) is 4.60. The van der Waals surface area contributed by atoms with Gasteiger partial charge in [0.2, 0.25) is 0 Å². The number of terminal acetylenes is 2. The van der Waals surface area contributed by atoms with Crippen molar-refractivity contribution in [2.24, 2.45) is 10.2 Å². The Hall–Kier alpha value is -1.28. The molecule has 2 heteroatoms. The van der Waals surface area contributed by atoms with E-state index < -0.39 is 0 Å². The Bertz CT molecular complexity index is 127. The van der Waals surface area contributed by atoms with Gasteiger partial charge in [-0.3, -0.25) is 0 Å². The van der Waals surface area contributed by atoms with Crippen LogP contribution < -0.4 is 0 Å². The lowest BCUT2D eigenvalue weighted by atomic mass is 10.7. The Labute approximate surface area is 49.0 Å². The van der Waals surface area contributed by atoms with Crippen molar-refractivity contribution in [3.63, 3.8) is 0 Å². The highest BCUT2D eigenvalue weighted by Crippen LogP contribution is 1.70. The van der Waals surface area contributed by atoms with Crippen LogP contribution in [0.5, 0.6) is 0 Å². The van der Waals surface area contributed by atoms with Crippen LogP contribution in [0.4, 0.5) is 0 Å². The van der Waals surface area contributed by atoms with Gasteiger partial charge >= 0.3 is 0 Å². The van der Waals surface area contributed by atoms with Crippen LogP contribution in [0.2, 0.25) is 0 Å². The second kappa shape index (κ2) is 5.72. The SMILES string of the molecule is C#CCN=NCC#C. The van der Waals surface area contributed by atoms with Crippen LogP contribution in [0.3, 0.4) is 0 Å². The molecular weight excluding hydrogens is 100 g/mol. The molecule has 40 valence electrons. The third-order valence-corrected chi connectivity index (χ3v) is 0.424. The summed E-state index contributed by atoms with van der Waals surface area (Å²) in [5.41, 5.74) is 0. The van der Waals surface area contributed by atoms with Crippen molar-refractivity contribution in [1.29, 1.82) is 0 Å². The first-order valence-electron chi connectivity index (χ1n) is 2.12. The maximum Gasteiger partial charge on any atom is 0.120 e. The van der Waals surface area contributed by atoms with Crippen LogP contribution in [0.15, 0.2) is 10.2 Å². The first-order valence-corrected chi connectivity index (χ1v) is 2.12. The van der Waals surface area contributed by atoms with Gasteiger partial charge in [0.25, 0.3) is 0 Å². The first-order chi connectivity index (χ1) is 3.91. The van der Waals surface area contributed by atoms with E-state index >= 15 is 0 Å². The van der Waals surface area contributed by atoms with E-state index in [0.29, 0.717) is 13.1 Å². The fourth-order valence-corrected chi connectivity index (χ4v) is 0.182. The maximum atomic E-state index is 4.86. The van der Waals surface area contributed by atoms with E-state index in [-0.39, 0.29) is 0 Å². The van der Waals surface area contributed by atoms with Gasteiger partial charge in [-0.1, -0.05) is 11.8 Å². The minimum Gasteiger partial charge on any atom is -0.180 e. The number of hydrogen-bond acceptors (Lipinski definition) is 2. The van der Waals surface area contributed by atoms with Gasteiger partial charge in [-0.25, -0.2) is 0 Å². The summed E-state index contributed by atoms with van der Waals surface area (Å²) in [5, 5.41) is 7.05. The molecule has 0 atom stereocenters. The normalized spacial score (nSPS) is 8.25. The summed E-state index contributed by atoms with van der Waals surface area (Å²) in [6.45, 7) is 0.642. The molecule has 0 aromatic heterocycles. The molecule has 0 radical (unpaired) electrons. The van der Waals surface area contributed by atoms with Crippen molar-refractivity contribution >= 4 is 0 Å². The van der Waals surface area contributed by atoms with E-state index in [2.05, 4.69) is 22.1 Å². The summed E-state index contributed by atoms with van der Waals surface area (Å²) in [6.07, 6.45) is 9.71. The van der Waals surface area contributed by atoms with Crippen LogP contribution in [0.25, 0.3) is 0 Å². The molecule has 0 aromatic rings. The Kier molecular flexibility index (Phi) is 4.80. The fraction of sp³-hybridized carbons (Fsp3) is 0.333. The molecule has 0 saturated carbocycles. The zero-order valence-electron chi connectivity index (χ0n) is 4.46. The molecule has 0 unspecified atom stereocenters. The van der Waals surface area contributed by atoms with Crippen LogP contribution in [-0.4, -0.2) is 13.1 Å². The molecule has 0 spiro atoms. The molecule has 0 rings (SSSR count). The highest BCUT2D eigenvalue weighted by Gasteiger charge is 1.66. The lowest BCUT2D eigenvalue weighted by Crippen LogP contribution is -1.71.